The molecule has 2 aromatic carbocycles. The summed E-state index contributed by atoms with van der Waals surface area (Å²) < 4.78 is 25.1. The predicted molar refractivity (Wildman–Crippen MR) is 136 cm³/mol. The van der Waals surface area contributed by atoms with Crippen molar-refractivity contribution in [3.05, 3.63) is 81.1 Å². The number of nitrogens with one attached hydrogen (secondary N) is 1. The van der Waals surface area contributed by atoms with Gasteiger partial charge in [0.1, 0.15) is 28.9 Å². The van der Waals surface area contributed by atoms with Gasteiger partial charge in [-0.3, -0.25) is 9.59 Å². The smallest absolute Gasteiger partial charge is 0.270 e. The van der Waals surface area contributed by atoms with Crippen LogP contribution in [-0.2, 0) is 22.6 Å². The lowest BCUT2D eigenvalue weighted by Crippen LogP contribution is -2.42. The Hall–Kier alpha value is -3.30. The Bertz CT molecular complexity index is 1230. The first-order chi connectivity index (χ1) is 17.4. The third-order valence-corrected chi connectivity index (χ3v) is 6.85. The van der Waals surface area contributed by atoms with Gasteiger partial charge in [-0.2, -0.15) is 0 Å². The SMILES string of the molecule is COCCNC(=O)c1csc(COc2ccc3c(c2)[C@@H](c2cccc(F)c2)N(C(=O)C(C)C)CC3)n1. The summed E-state index contributed by atoms with van der Waals surface area (Å²) in [6, 6.07) is 11.8. The number of ether oxygens (including phenoxy) is 2. The molecule has 2 heterocycles. The van der Waals surface area contributed by atoms with E-state index in [-0.39, 0.29) is 30.2 Å². The second kappa shape index (κ2) is 11.6. The number of amides is 2. The van der Waals surface area contributed by atoms with E-state index in [2.05, 4.69) is 10.3 Å². The maximum absolute atomic E-state index is 14.1. The quantitative estimate of drug-likeness (QED) is 0.432. The van der Waals surface area contributed by atoms with Crippen LogP contribution in [0.3, 0.4) is 0 Å². The lowest BCUT2D eigenvalue weighted by atomic mass is 9.87. The fourth-order valence-corrected chi connectivity index (χ4v) is 4.96. The molecule has 1 atom stereocenters. The molecule has 7 nitrogen and oxygen atoms in total. The van der Waals surface area contributed by atoms with Crippen LogP contribution in [0, 0.1) is 11.7 Å². The van der Waals surface area contributed by atoms with Gasteiger partial charge in [-0.25, -0.2) is 9.37 Å². The molecule has 0 unspecified atom stereocenters. The normalized spacial score (nSPS) is 15.0. The number of aromatic nitrogens is 1. The van der Waals surface area contributed by atoms with Crippen LogP contribution in [0.2, 0.25) is 0 Å². The van der Waals surface area contributed by atoms with Crippen LogP contribution >= 0.6 is 11.3 Å². The number of carbonyl (C=O) groups is 2. The number of thiazole rings is 1. The summed E-state index contributed by atoms with van der Waals surface area (Å²) in [4.78, 5) is 31.4. The Labute approximate surface area is 214 Å². The fourth-order valence-electron chi connectivity index (χ4n) is 4.27. The second-order valence-electron chi connectivity index (χ2n) is 8.92. The highest BCUT2D eigenvalue weighted by molar-refractivity contribution is 7.09. The molecular weight excluding hydrogens is 481 g/mol. The fraction of sp³-hybridized carbons (Fsp3) is 0.370. The molecule has 0 aliphatic carbocycles. The van der Waals surface area contributed by atoms with Gasteiger partial charge in [0.15, 0.2) is 0 Å². The van der Waals surface area contributed by atoms with E-state index in [4.69, 9.17) is 9.47 Å². The summed E-state index contributed by atoms with van der Waals surface area (Å²) in [5.74, 6) is -0.116. The van der Waals surface area contributed by atoms with Crippen molar-refractivity contribution in [2.45, 2.75) is 32.9 Å². The Morgan fingerprint density at radius 1 is 1.25 bits per heavy atom. The Balaban J connectivity index is 1.55. The van der Waals surface area contributed by atoms with Crippen LogP contribution in [0.1, 0.15) is 52.1 Å². The van der Waals surface area contributed by atoms with Gasteiger partial charge < -0.3 is 19.7 Å². The zero-order valence-electron chi connectivity index (χ0n) is 20.6. The molecule has 9 heteroatoms. The number of hydrogen-bond donors (Lipinski definition) is 1. The lowest BCUT2D eigenvalue weighted by molar-refractivity contribution is -0.136. The minimum absolute atomic E-state index is 0.0281. The number of benzene rings is 2. The number of rotatable bonds is 9. The Morgan fingerprint density at radius 2 is 2.08 bits per heavy atom. The van der Waals surface area contributed by atoms with Crippen LogP contribution in [-0.4, -0.2) is 48.5 Å². The number of nitrogens with zero attached hydrogens (tertiary/aromatic N) is 2. The highest BCUT2D eigenvalue weighted by atomic mass is 32.1. The third kappa shape index (κ3) is 5.91. The molecule has 2 amide bonds. The van der Waals surface area contributed by atoms with Crippen molar-refractivity contribution < 1.29 is 23.5 Å². The van der Waals surface area contributed by atoms with Crippen molar-refractivity contribution >= 4 is 23.2 Å². The summed E-state index contributed by atoms with van der Waals surface area (Å²) in [5, 5.41) is 5.11. The maximum Gasteiger partial charge on any atom is 0.270 e. The molecule has 0 radical (unpaired) electrons. The van der Waals surface area contributed by atoms with E-state index in [1.807, 2.05) is 43.0 Å². The monoisotopic (exact) mass is 511 g/mol. The number of methoxy groups -OCH3 is 1. The average Bonchev–Trinajstić information content (AvgIpc) is 3.35. The summed E-state index contributed by atoms with van der Waals surface area (Å²) in [7, 11) is 1.57. The van der Waals surface area contributed by atoms with Gasteiger partial charge in [-0.15, -0.1) is 11.3 Å². The van der Waals surface area contributed by atoms with E-state index >= 15 is 0 Å². The molecular formula is C27H30FN3O4S. The predicted octanol–water partition coefficient (Wildman–Crippen LogP) is 4.37. The van der Waals surface area contributed by atoms with Crippen LogP contribution in [0.25, 0.3) is 0 Å². The second-order valence-corrected chi connectivity index (χ2v) is 9.86. The van der Waals surface area contributed by atoms with Crippen molar-refractivity contribution in [2.75, 3.05) is 26.8 Å². The van der Waals surface area contributed by atoms with Crippen LogP contribution in [0.15, 0.2) is 47.8 Å². The van der Waals surface area contributed by atoms with Gasteiger partial charge in [-0.1, -0.05) is 32.0 Å². The Morgan fingerprint density at radius 3 is 2.83 bits per heavy atom. The van der Waals surface area contributed by atoms with E-state index in [0.29, 0.717) is 42.6 Å². The van der Waals surface area contributed by atoms with Gasteiger partial charge in [0, 0.05) is 31.5 Å². The standard InChI is InChI=1S/C27H30FN3O4S/c1-17(2)27(33)31-11-9-18-7-8-21(14-22(18)25(31)19-5-4-6-20(28)13-19)35-15-24-30-23(16-36-24)26(32)29-10-12-34-3/h4-8,13-14,16-17,25H,9-12,15H2,1-3H3,(H,29,32)/t25-/m1/s1. The van der Waals surface area contributed by atoms with Gasteiger partial charge in [0.2, 0.25) is 5.91 Å². The topological polar surface area (TPSA) is 80.8 Å². The molecule has 190 valence electrons. The highest BCUT2D eigenvalue weighted by Crippen LogP contribution is 2.38. The van der Waals surface area contributed by atoms with E-state index in [0.717, 1.165) is 16.7 Å². The average molecular weight is 512 g/mol. The van der Waals surface area contributed by atoms with Crippen molar-refractivity contribution in [1.29, 1.82) is 0 Å². The molecule has 1 aliphatic heterocycles. The van der Waals surface area contributed by atoms with Crippen molar-refractivity contribution in [3.63, 3.8) is 0 Å². The molecule has 1 aliphatic rings. The number of halogens is 1. The van der Waals surface area contributed by atoms with Crippen molar-refractivity contribution in [3.8, 4) is 5.75 Å². The highest BCUT2D eigenvalue weighted by Gasteiger charge is 2.33. The maximum atomic E-state index is 14.1. The minimum Gasteiger partial charge on any atom is -0.486 e. The van der Waals surface area contributed by atoms with E-state index in [9.17, 15) is 14.0 Å². The first-order valence-corrected chi connectivity index (χ1v) is 12.8. The van der Waals surface area contributed by atoms with Gasteiger partial charge in [0.05, 0.1) is 12.6 Å². The summed E-state index contributed by atoms with van der Waals surface area (Å²) in [6.07, 6.45) is 0.716. The Kier molecular flexibility index (Phi) is 8.32. The van der Waals surface area contributed by atoms with Gasteiger partial charge in [0.25, 0.3) is 5.91 Å². The van der Waals surface area contributed by atoms with E-state index in [1.165, 1.54) is 23.5 Å². The molecule has 0 saturated carbocycles. The third-order valence-electron chi connectivity index (χ3n) is 6.03. The molecule has 3 aromatic rings. The number of fused-ring (bicyclic) bond motifs is 1. The number of hydrogen-bond acceptors (Lipinski definition) is 6. The van der Waals surface area contributed by atoms with E-state index in [1.54, 1.807) is 18.6 Å². The molecule has 0 saturated heterocycles. The largest absolute Gasteiger partial charge is 0.486 e. The summed E-state index contributed by atoms with van der Waals surface area (Å²) in [6.45, 7) is 5.37. The van der Waals surface area contributed by atoms with Crippen LogP contribution in [0.4, 0.5) is 4.39 Å². The van der Waals surface area contributed by atoms with Gasteiger partial charge >= 0.3 is 0 Å². The molecule has 4 rings (SSSR count). The zero-order valence-corrected chi connectivity index (χ0v) is 21.4. The van der Waals surface area contributed by atoms with Crippen molar-refractivity contribution in [1.82, 2.24) is 15.2 Å². The zero-order chi connectivity index (χ0) is 25.7. The van der Waals surface area contributed by atoms with Gasteiger partial charge in [-0.05, 0) is 47.4 Å². The van der Waals surface area contributed by atoms with Crippen LogP contribution < -0.4 is 10.1 Å². The molecule has 0 fully saturated rings. The number of carbonyl (C=O) groups excluding carboxylic acids is 2. The lowest BCUT2D eigenvalue weighted by Gasteiger charge is -2.39. The molecule has 1 aromatic heterocycles. The molecule has 1 N–H and O–H groups in total. The summed E-state index contributed by atoms with van der Waals surface area (Å²) >= 11 is 1.35. The summed E-state index contributed by atoms with van der Waals surface area (Å²) in [5.41, 5.74) is 3.10. The molecule has 36 heavy (non-hydrogen) atoms. The first-order valence-electron chi connectivity index (χ1n) is 11.9. The van der Waals surface area contributed by atoms with E-state index < -0.39 is 6.04 Å². The molecule has 0 spiro atoms. The minimum atomic E-state index is -0.398. The van der Waals surface area contributed by atoms with Crippen molar-refractivity contribution in [2.24, 2.45) is 5.92 Å². The van der Waals surface area contributed by atoms with Crippen LogP contribution in [0.5, 0.6) is 5.75 Å². The first kappa shape index (κ1) is 25.8. The molecule has 0 bridgehead atoms.